The van der Waals surface area contributed by atoms with Crippen LogP contribution in [-0.2, 0) is 9.16 Å². The minimum atomic E-state index is -1.95. The molecule has 26 heavy (non-hydrogen) atoms. The molecule has 0 aromatic heterocycles. The van der Waals surface area contributed by atoms with Gasteiger partial charge in [-0.15, -0.1) is 0 Å². The van der Waals surface area contributed by atoms with Crippen molar-refractivity contribution in [3.8, 4) is 0 Å². The van der Waals surface area contributed by atoms with Crippen LogP contribution in [0.1, 0.15) is 60.8 Å². The maximum atomic E-state index is 12.6. The van der Waals surface area contributed by atoms with Crippen molar-refractivity contribution in [3.63, 3.8) is 0 Å². The first-order valence-corrected chi connectivity index (χ1v) is 12.5. The zero-order valence-electron chi connectivity index (χ0n) is 17.8. The van der Waals surface area contributed by atoms with Crippen molar-refractivity contribution in [2.24, 2.45) is 0 Å². The predicted octanol–water partition coefficient (Wildman–Crippen LogP) is 3.52. The Kier molecular flexibility index (Phi) is 7.73. The normalized spacial score (nSPS) is 23.2. The van der Waals surface area contributed by atoms with E-state index in [1.54, 1.807) is 4.90 Å². The zero-order valence-corrected chi connectivity index (χ0v) is 18.8. The van der Waals surface area contributed by atoms with Crippen LogP contribution in [0.15, 0.2) is 0 Å². The van der Waals surface area contributed by atoms with Gasteiger partial charge in [-0.3, -0.25) is 0 Å². The molecule has 0 aliphatic carbocycles. The minimum absolute atomic E-state index is 0.0465. The van der Waals surface area contributed by atoms with E-state index in [-0.39, 0.29) is 29.9 Å². The molecule has 7 heteroatoms. The average Bonchev–Trinajstić information content (AvgIpc) is 2.77. The molecule has 1 fully saturated rings. The fourth-order valence-corrected chi connectivity index (χ4v) is 4.26. The lowest BCUT2D eigenvalue weighted by molar-refractivity contribution is 0.0158. The number of likely N-dealkylation sites (tertiary alicyclic amines) is 1. The quantitative estimate of drug-likeness (QED) is 0.680. The molecule has 2 N–H and O–H groups in total. The molecule has 0 saturated carbocycles. The molecule has 1 heterocycles. The molecule has 0 radical (unpaired) electrons. The second kappa shape index (κ2) is 8.58. The first-order valence-electron chi connectivity index (χ1n) is 9.62. The Morgan fingerprint density at radius 1 is 1.23 bits per heavy atom. The summed E-state index contributed by atoms with van der Waals surface area (Å²) in [5, 5.41) is 19.3. The number of aliphatic hydroxyl groups excluding tert-OH is 2. The van der Waals surface area contributed by atoms with E-state index in [0.717, 1.165) is 0 Å². The largest absolute Gasteiger partial charge is 0.444 e. The maximum absolute atomic E-state index is 12.6. The van der Waals surface area contributed by atoms with E-state index in [1.807, 2.05) is 20.8 Å². The summed E-state index contributed by atoms with van der Waals surface area (Å²) >= 11 is 0. The van der Waals surface area contributed by atoms with Crippen molar-refractivity contribution in [2.45, 2.75) is 103 Å². The third-order valence-corrected chi connectivity index (χ3v) is 9.81. The summed E-state index contributed by atoms with van der Waals surface area (Å²) in [5.41, 5.74) is -0.566. The SMILES string of the molecule is CC(C)(C)OC(=O)N1C[C@H](O[Si](C)(C)C(C)(C)C)C[C@H]1C[C@@H](O)CCO. The monoisotopic (exact) mass is 389 g/mol. The fourth-order valence-electron chi connectivity index (χ4n) is 2.90. The molecule has 1 saturated heterocycles. The summed E-state index contributed by atoms with van der Waals surface area (Å²) < 4.78 is 12.1. The van der Waals surface area contributed by atoms with Gasteiger partial charge in [0.25, 0.3) is 0 Å². The number of aliphatic hydroxyl groups is 2. The van der Waals surface area contributed by atoms with E-state index in [0.29, 0.717) is 25.8 Å². The molecule has 1 amide bonds. The van der Waals surface area contributed by atoms with Gasteiger partial charge in [0.15, 0.2) is 8.32 Å². The molecular weight excluding hydrogens is 350 g/mol. The number of amides is 1. The fraction of sp³-hybridized carbons (Fsp3) is 0.947. The highest BCUT2D eigenvalue weighted by Crippen LogP contribution is 2.39. The van der Waals surface area contributed by atoms with Gasteiger partial charge in [-0.05, 0) is 58.2 Å². The lowest BCUT2D eigenvalue weighted by Crippen LogP contribution is -2.45. The number of carbonyl (C=O) groups excluding carboxylic acids is 1. The molecule has 0 spiro atoms. The van der Waals surface area contributed by atoms with Gasteiger partial charge in [-0.2, -0.15) is 0 Å². The van der Waals surface area contributed by atoms with Crippen LogP contribution in [0.4, 0.5) is 4.79 Å². The highest BCUT2D eigenvalue weighted by Gasteiger charge is 2.44. The molecule has 0 aromatic carbocycles. The number of hydrogen-bond donors (Lipinski definition) is 2. The number of rotatable bonds is 6. The molecule has 1 aliphatic rings. The van der Waals surface area contributed by atoms with Crippen LogP contribution in [0.2, 0.25) is 18.1 Å². The molecule has 0 bridgehead atoms. The number of carbonyl (C=O) groups is 1. The van der Waals surface area contributed by atoms with E-state index in [9.17, 15) is 9.90 Å². The van der Waals surface area contributed by atoms with Crippen LogP contribution in [0.3, 0.4) is 0 Å². The van der Waals surface area contributed by atoms with Crippen LogP contribution in [0, 0.1) is 0 Å². The molecule has 3 atom stereocenters. The Labute approximate surface area is 160 Å². The first-order chi connectivity index (χ1) is 11.7. The minimum Gasteiger partial charge on any atom is -0.444 e. The van der Waals surface area contributed by atoms with E-state index in [4.69, 9.17) is 14.3 Å². The van der Waals surface area contributed by atoms with Crippen LogP contribution in [0.25, 0.3) is 0 Å². The van der Waals surface area contributed by atoms with Crippen molar-refractivity contribution >= 4 is 14.4 Å². The van der Waals surface area contributed by atoms with Crippen molar-refractivity contribution in [1.82, 2.24) is 4.90 Å². The van der Waals surface area contributed by atoms with Gasteiger partial charge in [0.2, 0.25) is 0 Å². The van der Waals surface area contributed by atoms with Gasteiger partial charge < -0.3 is 24.3 Å². The summed E-state index contributed by atoms with van der Waals surface area (Å²) in [6, 6.07) is -0.138. The molecule has 1 aliphatic heterocycles. The van der Waals surface area contributed by atoms with Crippen molar-refractivity contribution in [1.29, 1.82) is 0 Å². The number of nitrogens with zero attached hydrogens (tertiary/aromatic N) is 1. The Morgan fingerprint density at radius 2 is 1.81 bits per heavy atom. The van der Waals surface area contributed by atoms with Gasteiger partial charge in [-0.1, -0.05) is 20.8 Å². The second-order valence-corrected chi connectivity index (χ2v) is 14.7. The van der Waals surface area contributed by atoms with Gasteiger partial charge in [0.1, 0.15) is 5.60 Å². The lowest BCUT2D eigenvalue weighted by atomic mass is 10.0. The third-order valence-electron chi connectivity index (χ3n) is 5.28. The second-order valence-electron chi connectivity index (χ2n) is 9.92. The van der Waals surface area contributed by atoms with E-state index >= 15 is 0 Å². The molecule has 0 aromatic rings. The van der Waals surface area contributed by atoms with E-state index in [2.05, 4.69) is 33.9 Å². The molecule has 6 nitrogen and oxygen atoms in total. The zero-order chi connectivity index (χ0) is 20.3. The van der Waals surface area contributed by atoms with Gasteiger partial charge in [-0.25, -0.2) is 4.79 Å². The Hall–Kier alpha value is -0.633. The van der Waals surface area contributed by atoms with Crippen LogP contribution in [-0.4, -0.2) is 66.5 Å². The highest BCUT2D eigenvalue weighted by molar-refractivity contribution is 6.74. The summed E-state index contributed by atoms with van der Waals surface area (Å²) in [4.78, 5) is 14.3. The van der Waals surface area contributed by atoms with Crippen molar-refractivity contribution in [2.75, 3.05) is 13.2 Å². The standard InChI is InChI=1S/C19H39NO5Si/c1-18(2,3)24-17(23)20-13-16(25-26(7,8)19(4,5)6)12-14(20)11-15(22)9-10-21/h14-16,21-22H,9-13H2,1-8H3/t14-,15+,16-/m1/s1. The highest BCUT2D eigenvalue weighted by atomic mass is 28.4. The smallest absolute Gasteiger partial charge is 0.410 e. The summed E-state index contributed by atoms with van der Waals surface area (Å²) in [6.45, 7) is 17.0. The maximum Gasteiger partial charge on any atom is 0.410 e. The Balaban J connectivity index is 2.88. The van der Waals surface area contributed by atoms with E-state index in [1.165, 1.54) is 0 Å². The molecular formula is C19H39NO5Si. The van der Waals surface area contributed by atoms with Gasteiger partial charge >= 0.3 is 6.09 Å². The first kappa shape index (κ1) is 23.4. The summed E-state index contributed by atoms with van der Waals surface area (Å²) in [7, 11) is -1.95. The predicted molar refractivity (Wildman–Crippen MR) is 106 cm³/mol. The van der Waals surface area contributed by atoms with Crippen molar-refractivity contribution in [3.05, 3.63) is 0 Å². The van der Waals surface area contributed by atoms with Crippen LogP contribution < -0.4 is 0 Å². The molecule has 154 valence electrons. The summed E-state index contributed by atoms with van der Waals surface area (Å²) in [5.74, 6) is 0. The van der Waals surface area contributed by atoms with Crippen molar-refractivity contribution < 1.29 is 24.2 Å². The van der Waals surface area contributed by atoms with Crippen LogP contribution in [0.5, 0.6) is 0 Å². The Bertz CT molecular complexity index is 470. The van der Waals surface area contributed by atoms with Gasteiger partial charge in [0, 0.05) is 19.2 Å². The topological polar surface area (TPSA) is 79.2 Å². The number of ether oxygens (including phenoxy) is 1. The van der Waals surface area contributed by atoms with Crippen LogP contribution >= 0.6 is 0 Å². The van der Waals surface area contributed by atoms with Gasteiger partial charge in [0.05, 0.1) is 12.2 Å². The third kappa shape index (κ3) is 6.83. The Morgan fingerprint density at radius 3 is 2.27 bits per heavy atom. The average molecular weight is 390 g/mol. The lowest BCUT2D eigenvalue weighted by Gasteiger charge is -2.38. The van der Waals surface area contributed by atoms with E-state index < -0.39 is 20.0 Å². The number of hydrogen-bond acceptors (Lipinski definition) is 5. The molecule has 0 unspecified atom stereocenters. The summed E-state index contributed by atoms with van der Waals surface area (Å²) in [6.07, 6.45) is 0.383. The molecule has 1 rings (SSSR count).